The van der Waals surface area contributed by atoms with Crippen LogP contribution in [0.5, 0.6) is 0 Å². The number of ether oxygens (including phenoxy) is 1. The van der Waals surface area contributed by atoms with Gasteiger partial charge in [-0.2, -0.15) is 0 Å². The fourth-order valence-corrected chi connectivity index (χ4v) is 1.60. The molecule has 0 saturated heterocycles. The molecule has 0 aliphatic rings. The summed E-state index contributed by atoms with van der Waals surface area (Å²) in [6, 6.07) is 5.21. The van der Waals surface area contributed by atoms with Crippen LogP contribution < -0.4 is 11.1 Å². The Morgan fingerprint density at radius 1 is 1.47 bits per heavy atom. The molecule has 0 radical (unpaired) electrons. The van der Waals surface area contributed by atoms with E-state index in [2.05, 4.69) is 11.9 Å². The Balaban J connectivity index is 2.81. The largest absolute Gasteiger partial charge is 0.444 e. The van der Waals surface area contributed by atoms with Crippen molar-refractivity contribution in [3.8, 4) is 0 Å². The standard InChI is InChI=1S/C14H19ClN2O2/c1-9(8-16)10-5-6-12(11(15)7-10)17-13(18)19-14(2,3)4/h5-7H,1,8,16H2,2-4H3,(H,17,18). The van der Waals surface area contributed by atoms with Gasteiger partial charge in [0.2, 0.25) is 0 Å². The van der Waals surface area contributed by atoms with E-state index in [1.165, 1.54) is 0 Å². The molecule has 0 spiro atoms. The van der Waals surface area contributed by atoms with E-state index in [-0.39, 0.29) is 0 Å². The van der Waals surface area contributed by atoms with Crippen LogP contribution in [-0.2, 0) is 4.74 Å². The molecule has 0 aromatic heterocycles. The minimum Gasteiger partial charge on any atom is -0.444 e. The lowest BCUT2D eigenvalue weighted by Gasteiger charge is -2.20. The lowest BCUT2D eigenvalue weighted by atomic mass is 10.1. The molecule has 0 unspecified atom stereocenters. The molecule has 0 heterocycles. The van der Waals surface area contributed by atoms with Crippen LogP contribution in [0.25, 0.3) is 5.57 Å². The van der Waals surface area contributed by atoms with Crippen molar-refractivity contribution in [3.05, 3.63) is 35.4 Å². The number of amides is 1. The normalized spacial score (nSPS) is 11.0. The monoisotopic (exact) mass is 282 g/mol. The molecule has 0 bridgehead atoms. The minimum absolute atomic E-state index is 0.356. The molecule has 0 aliphatic carbocycles. The van der Waals surface area contributed by atoms with Crippen LogP contribution in [0.15, 0.2) is 24.8 Å². The molecule has 1 amide bonds. The highest BCUT2D eigenvalue weighted by molar-refractivity contribution is 6.33. The molecule has 3 N–H and O–H groups in total. The first kappa shape index (κ1) is 15.5. The van der Waals surface area contributed by atoms with Crippen LogP contribution in [0.4, 0.5) is 10.5 Å². The fourth-order valence-electron chi connectivity index (χ4n) is 1.37. The van der Waals surface area contributed by atoms with E-state index in [0.717, 1.165) is 11.1 Å². The van der Waals surface area contributed by atoms with Crippen molar-refractivity contribution >= 4 is 29.0 Å². The van der Waals surface area contributed by atoms with E-state index in [1.807, 2.05) is 0 Å². The number of rotatable bonds is 3. The van der Waals surface area contributed by atoms with Gasteiger partial charge >= 0.3 is 6.09 Å². The molecule has 1 aromatic rings. The first-order valence-electron chi connectivity index (χ1n) is 5.90. The number of hydrogen-bond donors (Lipinski definition) is 2. The van der Waals surface area contributed by atoms with E-state index >= 15 is 0 Å². The third-order valence-corrected chi connectivity index (χ3v) is 2.57. The second-order valence-electron chi connectivity index (χ2n) is 5.13. The van der Waals surface area contributed by atoms with Gasteiger partial charge in [-0.1, -0.05) is 24.2 Å². The molecule has 0 atom stereocenters. The summed E-state index contributed by atoms with van der Waals surface area (Å²) in [5.74, 6) is 0. The van der Waals surface area contributed by atoms with Crippen LogP contribution in [0.2, 0.25) is 5.02 Å². The first-order chi connectivity index (χ1) is 8.73. The smallest absolute Gasteiger partial charge is 0.412 e. The summed E-state index contributed by atoms with van der Waals surface area (Å²) >= 11 is 6.09. The Bertz CT molecular complexity index is 493. The van der Waals surface area contributed by atoms with Crippen molar-refractivity contribution < 1.29 is 9.53 Å². The third-order valence-electron chi connectivity index (χ3n) is 2.26. The first-order valence-corrected chi connectivity index (χ1v) is 6.28. The van der Waals surface area contributed by atoms with E-state index in [1.54, 1.807) is 39.0 Å². The Morgan fingerprint density at radius 3 is 2.58 bits per heavy atom. The SMILES string of the molecule is C=C(CN)c1ccc(NC(=O)OC(C)(C)C)c(Cl)c1. The van der Waals surface area contributed by atoms with Gasteiger partial charge in [0.15, 0.2) is 0 Å². The maximum Gasteiger partial charge on any atom is 0.412 e. The summed E-state index contributed by atoms with van der Waals surface area (Å²) < 4.78 is 5.15. The van der Waals surface area contributed by atoms with Gasteiger partial charge in [-0.25, -0.2) is 4.79 Å². The number of nitrogens with two attached hydrogens (primary N) is 1. The van der Waals surface area contributed by atoms with Crippen molar-refractivity contribution in [2.75, 3.05) is 11.9 Å². The summed E-state index contributed by atoms with van der Waals surface area (Å²) in [4.78, 5) is 11.6. The zero-order chi connectivity index (χ0) is 14.6. The topological polar surface area (TPSA) is 64.3 Å². The Labute approximate surface area is 118 Å². The number of halogens is 1. The van der Waals surface area contributed by atoms with Crippen molar-refractivity contribution in [2.24, 2.45) is 5.73 Å². The minimum atomic E-state index is -0.551. The van der Waals surface area contributed by atoms with Crippen molar-refractivity contribution in [1.82, 2.24) is 0 Å². The van der Waals surface area contributed by atoms with Gasteiger partial charge in [-0.15, -0.1) is 0 Å². The van der Waals surface area contributed by atoms with Crippen LogP contribution in [0, 0.1) is 0 Å². The maximum absolute atomic E-state index is 11.6. The van der Waals surface area contributed by atoms with Crippen molar-refractivity contribution in [2.45, 2.75) is 26.4 Å². The number of nitrogens with one attached hydrogen (secondary N) is 1. The summed E-state index contributed by atoms with van der Waals surface area (Å²) in [5.41, 5.74) is 7.08. The Hall–Kier alpha value is -1.52. The second kappa shape index (κ2) is 6.08. The van der Waals surface area contributed by atoms with Gasteiger partial charge in [-0.3, -0.25) is 5.32 Å². The summed E-state index contributed by atoms with van der Waals surface area (Å²) in [5, 5.41) is 3.01. The van der Waals surface area contributed by atoms with Crippen molar-refractivity contribution in [3.63, 3.8) is 0 Å². The molecule has 0 saturated carbocycles. The van der Waals surface area contributed by atoms with Gasteiger partial charge in [0, 0.05) is 6.54 Å². The molecule has 1 aromatic carbocycles. The molecule has 1 rings (SSSR count). The lowest BCUT2D eigenvalue weighted by Crippen LogP contribution is -2.27. The highest BCUT2D eigenvalue weighted by Gasteiger charge is 2.17. The number of carbonyl (C=O) groups excluding carboxylic acids is 1. The number of carbonyl (C=O) groups is 1. The van der Waals surface area contributed by atoms with Crippen LogP contribution in [-0.4, -0.2) is 18.2 Å². The van der Waals surface area contributed by atoms with Gasteiger partial charge in [-0.05, 0) is 44.0 Å². The summed E-state index contributed by atoms with van der Waals surface area (Å²) in [6.07, 6.45) is -0.542. The third kappa shape index (κ3) is 4.93. The van der Waals surface area contributed by atoms with Gasteiger partial charge in [0.25, 0.3) is 0 Å². The second-order valence-corrected chi connectivity index (χ2v) is 5.54. The predicted octanol–water partition coefficient (Wildman–Crippen LogP) is 3.66. The van der Waals surface area contributed by atoms with Gasteiger partial charge in [0.05, 0.1) is 10.7 Å². The number of benzene rings is 1. The number of anilines is 1. The summed E-state index contributed by atoms with van der Waals surface area (Å²) in [6.45, 7) is 9.57. The zero-order valence-electron chi connectivity index (χ0n) is 11.4. The molecule has 0 fully saturated rings. The Kier molecular flexibility index (Phi) is 4.97. The Morgan fingerprint density at radius 2 is 2.11 bits per heavy atom. The van der Waals surface area contributed by atoms with Crippen LogP contribution in [0.1, 0.15) is 26.3 Å². The van der Waals surface area contributed by atoms with Crippen LogP contribution in [0.3, 0.4) is 0 Å². The summed E-state index contributed by atoms with van der Waals surface area (Å²) in [7, 11) is 0. The number of hydrogen-bond acceptors (Lipinski definition) is 3. The molecule has 104 valence electrons. The molecular weight excluding hydrogens is 264 g/mol. The molecule has 19 heavy (non-hydrogen) atoms. The van der Waals surface area contributed by atoms with E-state index in [9.17, 15) is 4.79 Å². The van der Waals surface area contributed by atoms with E-state index < -0.39 is 11.7 Å². The van der Waals surface area contributed by atoms with Gasteiger partial charge < -0.3 is 10.5 Å². The fraction of sp³-hybridized carbons (Fsp3) is 0.357. The van der Waals surface area contributed by atoms with E-state index in [0.29, 0.717) is 17.3 Å². The molecule has 0 aliphatic heterocycles. The van der Waals surface area contributed by atoms with Crippen molar-refractivity contribution in [1.29, 1.82) is 0 Å². The highest BCUT2D eigenvalue weighted by Crippen LogP contribution is 2.26. The zero-order valence-corrected chi connectivity index (χ0v) is 12.2. The average Bonchev–Trinajstić information content (AvgIpc) is 2.28. The van der Waals surface area contributed by atoms with Crippen LogP contribution >= 0.6 is 11.6 Å². The molecule has 4 nitrogen and oxygen atoms in total. The highest BCUT2D eigenvalue weighted by atomic mass is 35.5. The maximum atomic E-state index is 11.6. The molecule has 5 heteroatoms. The van der Waals surface area contributed by atoms with E-state index in [4.69, 9.17) is 22.1 Å². The average molecular weight is 283 g/mol. The van der Waals surface area contributed by atoms with Gasteiger partial charge in [0.1, 0.15) is 5.60 Å². The quantitative estimate of drug-likeness (QED) is 0.889. The predicted molar refractivity (Wildman–Crippen MR) is 79.4 cm³/mol. The molecular formula is C14H19ClN2O2. The lowest BCUT2D eigenvalue weighted by molar-refractivity contribution is 0.0636.